The van der Waals surface area contributed by atoms with Crippen LogP contribution in [0.1, 0.15) is 45.6 Å². The lowest BCUT2D eigenvalue weighted by molar-refractivity contribution is -0.116. The van der Waals surface area contributed by atoms with Gasteiger partial charge in [0.15, 0.2) is 11.4 Å². The Morgan fingerprint density at radius 2 is 1.88 bits per heavy atom. The molecule has 0 aliphatic carbocycles. The van der Waals surface area contributed by atoms with Gasteiger partial charge >= 0.3 is 6.09 Å². The fourth-order valence-corrected chi connectivity index (χ4v) is 9.79. The molecule has 0 radical (unpaired) electrons. The van der Waals surface area contributed by atoms with Crippen LogP contribution >= 0.6 is 11.3 Å². The Kier molecular flexibility index (Phi) is 12.3. The Morgan fingerprint density at radius 1 is 1.12 bits per heavy atom. The monoisotopic (exact) mass is 743 g/mol. The highest BCUT2D eigenvalue weighted by molar-refractivity contribution is 7.89. The lowest BCUT2D eigenvalue weighted by atomic mass is 10.0. The number of aromatic nitrogens is 1. The van der Waals surface area contributed by atoms with Crippen LogP contribution in [0.3, 0.4) is 0 Å². The number of sulfonamides is 1. The predicted molar refractivity (Wildman–Crippen MR) is 194 cm³/mol. The number of nitrogens with zero attached hydrogens (tertiary/aromatic N) is 4. The zero-order chi connectivity index (χ0) is 36.1. The number of aliphatic hydroxyl groups excluding tert-OH is 1. The molecule has 15 heteroatoms. The molecule has 6 rings (SSSR count). The molecule has 2 amide bonds. The molecule has 3 aliphatic rings. The molecule has 3 aromatic rings. The molecule has 2 aromatic carbocycles. The molecule has 0 spiro atoms. The third kappa shape index (κ3) is 9.25. The van der Waals surface area contributed by atoms with Gasteiger partial charge in [-0.2, -0.15) is 4.31 Å². The van der Waals surface area contributed by atoms with Crippen LogP contribution in [0, 0.1) is 11.8 Å². The van der Waals surface area contributed by atoms with Crippen molar-refractivity contribution in [3.05, 3.63) is 54.1 Å². The number of thiazole rings is 1. The predicted octanol–water partition coefficient (Wildman–Crippen LogP) is 3.85. The highest BCUT2D eigenvalue weighted by Gasteiger charge is 2.44. The highest BCUT2D eigenvalue weighted by Crippen LogP contribution is 2.34. The fourth-order valence-electron chi connectivity index (χ4n) is 6.99. The number of amides is 2. The van der Waals surface area contributed by atoms with Crippen molar-refractivity contribution in [2.45, 2.75) is 75.9 Å². The summed E-state index contributed by atoms with van der Waals surface area (Å²) in [7, 11) is -4.10. The van der Waals surface area contributed by atoms with E-state index in [1.165, 1.54) is 28.6 Å². The number of hydrogen-bond donors (Lipinski definition) is 2. The Labute approximate surface area is 303 Å². The summed E-state index contributed by atoms with van der Waals surface area (Å²) in [5.74, 6) is -0.221. The van der Waals surface area contributed by atoms with Gasteiger partial charge in [0.1, 0.15) is 6.10 Å². The van der Waals surface area contributed by atoms with Crippen molar-refractivity contribution in [2.24, 2.45) is 11.8 Å². The molecule has 0 bridgehead atoms. The first-order valence-electron chi connectivity index (χ1n) is 17.8. The topological polar surface area (TPSA) is 151 Å². The maximum absolute atomic E-state index is 14.3. The van der Waals surface area contributed by atoms with E-state index in [0.717, 1.165) is 44.5 Å². The van der Waals surface area contributed by atoms with E-state index >= 15 is 0 Å². The van der Waals surface area contributed by atoms with Crippen LogP contribution in [0.5, 0.6) is 0 Å². The third-order valence-electron chi connectivity index (χ3n) is 9.71. The largest absolute Gasteiger partial charge is 0.443 e. The van der Waals surface area contributed by atoms with E-state index in [0.29, 0.717) is 28.5 Å². The number of anilines is 1. The average Bonchev–Trinajstić information content (AvgIpc) is 3.91. The average molecular weight is 744 g/mol. The number of nitrogens with one attached hydrogen (secondary N) is 1. The molecule has 51 heavy (non-hydrogen) atoms. The number of alkyl carbamates (subject to hydrolysis) is 1. The zero-order valence-electron chi connectivity index (χ0n) is 29.5. The van der Waals surface area contributed by atoms with Crippen LogP contribution in [0.15, 0.2) is 53.4 Å². The molecule has 0 saturated carbocycles. The highest BCUT2D eigenvalue weighted by atomic mass is 32.2. The summed E-state index contributed by atoms with van der Waals surface area (Å²) >= 11 is 1.28. The first-order chi connectivity index (χ1) is 24.5. The Morgan fingerprint density at radius 3 is 2.61 bits per heavy atom. The lowest BCUT2D eigenvalue weighted by Crippen LogP contribution is -2.51. The second kappa shape index (κ2) is 16.7. The smallest absolute Gasteiger partial charge is 0.407 e. The van der Waals surface area contributed by atoms with Crippen LogP contribution < -0.4 is 10.2 Å². The van der Waals surface area contributed by atoms with Crippen LogP contribution in [0.25, 0.3) is 10.2 Å². The van der Waals surface area contributed by atoms with Crippen molar-refractivity contribution in [3.63, 3.8) is 0 Å². The molecular formula is C36H49N5O8S2. The number of carbonyl (C=O) groups is 2. The van der Waals surface area contributed by atoms with Crippen molar-refractivity contribution < 1.29 is 37.3 Å². The number of hydrogen-bond acceptors (Lipinski definition) is 11. The van der Waals surface area contributed by atoms with E-state index in [1.54, 1.807) is 17.0 Å². The molecule has 3 aliphatic heterocycles. The van der Waals surface area contributed by atoms with Gasteiger partial charge in [-0.05, 0) is 68.5 Å². The maximum Gasteiger partial charge on any atom is 0.407 e. The van der Waals surface area contributed by atoms with E-state index in [9.17, 15) is 23.1 Å². The number of carbonyl (C=O) groups excluding carboxylic acids is 2. The number of rotatable bonds is 15. The molecule has 278 valence electrons. The molecule has 3 saturated heterocycles. The maximum atomic E-state index is 14.3. The van der Waals surface area contributed by atoms with E-state index in [4.69, 9.17) is 14.2 Å². The summed E-state index contributed by atoms with van der Waals surface area (Å²) in [6, 6.07) is 13.3. The first-order valence-corrected chi connectivity index (χ1v) is 20.1. The van der Waals surface area contributed by atoms with Crippen LogP contribution in [-0.2, 0) is 35.4 Å². The number of ether oxygens (including phenoxy) is 3. The van der Waals surface area contributed by atoms with E-state index in [2.05, 4.69) is 15.2 Å². The van der Waals surface area contributed by atoms with Crippen LogP contribution in [0.2, 0.25) is 0 Å². The Balaban J connectivity index is 1.19. The molecule has 2 N–H and O–H groups in total. The molecule has 4 heterocycles. The minimum Gasteiger partial charge on any atom is -0.443 e. The van der Waals surface area contributed by atoms with Gasteiger partial charge in [-0.25, -0.2) is 18.2 Å². The van der Waals surface area contributed by atoms with Crippen molar-refractivity contribution in [1.82, 2.24) is 19.5 Å². The second-order valence-corrected chi connectivity index (χ2v) is 17.0. The van der Waals surface area contributed by atoms with Crippen LogP contribution in [0.4, 0.5) is 9.93 Å². The summed E-state index contributed by atoms with van der Waals surface area (Å²) < 4.78 is 47.4. The summed E-state index contributed by atoms with van der Waals surface area (Å²) in [5, 5.41) is 15.0. The molecule has 13 nitrogen and oxygen atoms in total. The number of benzene rings is 2. The van der Waals surface area contributed by atoms with Gasteiger partial charge in [-0.1, -0.05) is 55.5 Å². The van der Waals surface area contributed by atoms with Crippen LogP contribution in [-0.4, -0.2) is 117 Å². The summed E-state index contributed by atoms with van der Waals surface area (Å²) in [6.45, 7) is 9.30. The van der Waals surface area contributed by atoms with Crippen molar-refractivity contribution in [2.75, 3.05) is 57.4 Å². The minimum absolute atomic E-state index is 0.0488. The van der Waals surface area contributed by atoms with Crippen molar-refractivity contribution in [3.8, 4) is 0 Å². The quantitative estimate of drug-likeness (QED) is 0.235. The lowest BCUT2D eigenvalue weighted by Gasteiger charge is -2.31. The molecule has 5 atom stereocenters. The SMILES string of the molecule is CC(=O)N(CCN1CCCC1)c1nc2ccc(S(=O)(=O)N(CC(C)C)C[C@@H](O)[C@H](Cc3ccccc3)NC(=O)O[C@H]3CO[C@H]4OCC[C@H]43)cc2s1. The number of fused-ring (bicyclic) bond motifs is 2. The Bertz CT molecular complexity index is 1750. The van der Waals surface area contributed by atoms with Gasteiger partial charge in [0.2, 0.25) is 15.9 Å². The first kappa shape index (κ1) is 37.6. The number of likely N-dealkylation sites (tertiary alicyclic amines) is 1. The standard InChI is InChI=1S/C36H49N5O8S2/c1-24(2)21-40(22-31(43)30(19-26-9-5-4-6-10-26)38-36(44)49-32-23-48-34-28(32)13-18-47-34)51(45,46)27-11-12-29-33(20-27)50-35(37-29)41(25(3)42)17-16-39-14-7-8-15-39/h4-6,9-12,20,24,28,30-32,34,43H,7-8,13-19,21-23H2,1-3H3,(H,38,44)/t28-,30-,31+,32-,34+/m0/s1. The molecule has 0 unspecified atom stereocenters. The van der Waals surface area contributed by atoms with Gasteiger partial charge in [0, 0.05) is 33.1 Å². The summed E-state index contributed by atoms with van der Waals surface area (Å²) in [6.07, 6.45) is 0.464. The van der Waals surface area contributed by atoms with Gasteiger partial charge in [-0.15, -0.1) is 0 Å². The Hall–Kier alpha value is -3.18. The van der Waals surface area contributed by atoms with E-state index < -0.39 is 34.4 Å². The van der Waals surface area contributed by atoms with Crippen molar-refractivity contribution in [1.29, 1.82) is 0 Å². The van der Waals surface area contributed by atoms with Crippen molar-refractivity contribution >= 4 is 48.7 Å². The molecular weight excluding hydrogens is 695 g/mol. The van der Waals surface area contributed by atoms with E-state index in [-0.39, 0.29) is 55.0 Å². The molecule has 3 fully saturated rings. The van der Waals surface area contributed by atoms with Gasteiger partial charge in [0.05, 0.1) is 46.4 Å². The second-order valence-electron chi connectivity index (χ2n) is 14.0. The summed E-state index contributed by atoms with van der Waals surface area (Å²) in [5.41, 5.74) is 1.46. The molecule has 1 aromatic heterocycles. The van der Waals surface area contributed by atoms with Gasteiger partial charge < -0.3 is 29.5 Å². The normalized spacial score (nSPS) is 22.0. The fraction of sp³-hybridized carbons (Fsp3) is 0.583. The van der Waals surface area contributed by atoms with Gasteiger partial charge in [0.25, 0.3) is 0 Å². The zero-order valence-corrected chi connectivity index (χ0v) is 31.1. The van der Waals surface area contributed by atoms with Gasteiger partial charge in [-0.3, -0.25) is 9.69 Å². The summed E-state index contributed by atoms with van der Waals surface area (Å²) in [4.78, 5) is 34.5. The third-order valence-corrected chi connectivity index (χ3v) is 12.6. The number of aliphatic hydroxyl groups is 1. The minimum atomic E-state index is -4.10. The van der Waals surface area contributed by atoms with E-state index in [1.807, 2.05) is 44.2 Å².